The second-order valence-electron chi connectivity index (χ2n) is 7.44. The lowest BCUT2D eigenvalue weighted by Gasteiger charge is -2.40. The number of hydrogen-bond donors (Lipinski definition) is 0. The van der Waals surface area contributed by atoms with Gasteiger partial charge in [-0.05, 0) is 12.8 Å². The predicted molar refractivity (Wildman–Crippen MR) is 110 cm³/mol. The van der Waals surface area contributed by atoms with Crippen molar-refractivity contribution in [1.82, 2.24) is 19.2 Å². The van der Waals surface area contributed by atoms with Gasteiger partial charge in [0.05, 0.1) is 18.9 Å². The number of thiazole rings is 1. The van der Waals surface area contributed by atoms with Crippen LogP contribution in [0, 0.1) is 0 Å². The number of rotatable bonds is 3. The van der Waals surface area contributed by atoms with Crippen LogP contribution >= 0.6 is 11.3 Å². The predicted octanol–water partition coefficient (Wildman–Crippen LogP) is 3.00. The van der Waals surface area contributed by atoms with E-state index in [1.54, 1.807) is 0 Å². The standard InChI is InChI=1S/C21H24N4O2S/c26-20(24-8-6-17(7-9-24)23-10-12-27-13-11-23)19-15-28-21-22-18(14-25(19)21)16-4-2-1-3-5-16/h1-5,14-15,17H,6-13H2. The summed E-state index contributed by atoms with van der Waals surface area (Å²) in [6, 6.07) is 10.7. The number of nitrogens with zero attached hydrogens (tertiary/aromatic N) is 4. The lowest BCUT2D eigenvalue weighted by molar-refractivity contribution is 0.00152. The van der Waals surface area contributed by atoms with Crippen molar-refractivity contribution in [2.45, 2.75) is 18.9 Å². The van der Waals surface area contributed by atoms with Gasteiger partial charge in [0.25, 0.3) is 5.91 Å². The summed E-state index contributed by atoms with van der Waals surface area (Å²) in [4.78, 5) is 23.2. The third-order valence-corrected chi connectivity index (χ3v) is 6.65. The Kier molecular flexibility index (Phi) is 4.88. The van der Waals surface area contributed by atoms with Gasteiger partial charge in [0.15, 0.2) is 4.96 Å². The molecule has 0 saturated carbocycles. The van der Waals surface area contributed by atoms with Gasteiger partial charge in [-0.2, -0.15) is 0 Å². The molecule has 2 aliphatic rings. The van der Waals surface area contributed by atoms with Gasteiger partial charge in [-0.1, -0.05) is 30.3 Å². The number of amides is 1. The van der Waals surface area contributed by atoms with Crippen LogP contribution in [0.15, 0.2) is 41.9 Å². The summed E-state index contributed by atoms with van der Waals surface area (Å²) in [5.41, 5.74) is 2.70. The molecule has 0 spiro atoms. The molecule has 0 atom stereocenters. The summed E-state index contributed by atoms with van der Waals surface area (Å²) in [6.07, 6.45) is 4.06. The Morgan fingerprint density at radius 3 is 2.57 bits per heavy atom. The monoisotopic (exact) mass is 396 g/mol. The Hall–Kier alpha value is -2.22. The average molecular weight is 397 g/mol. The number of imidazole rings is 1. The van der Waals surface area contributed by atoms with Crippen LogP contribution in [0.3, 0.4) is 0 Å². The molecule has 4 heterocycles. The Balaban J connectivity index is 1.30. The molecule has 1 amide bonds. The number of ether oxygens (including phenoxy) is 1. The van der Waals surface area contributed by atoms with Crippen molar-refractivity contribution in [3.63, 3.8) is 0 Å². The number of aromatic nitrogens is 2. The summed E-state index contributed by atoms with van der Waals surface area (Å²) < 4.78 is 7.41. The molecule has 28 heavy (non-hydrogen) atoms. The van der Waals surface area contributed by atoms with E-state index in [-0.39, 0.29) is 5.91 Å². The van der Waals surface area contributed by atoms with E-state index in [9.17, 15) is 4.79 Å². The summed E-state index contributed by atoms with van der Waals surface area (Å²) in [6.45, 7) is 5.33. The molecule has 6 nitrogen and oxygen atoms in total. The van der Waals surface area contributed by atoms with Crippen molar-refractivity contribution in [3.05, 3.63) is 47.6 Å². The minimum atomic E-state index is 0.115. The quantitative estimate of drug-likeness (QED) is 0.683. The number of morpholine rings is 1. The number of carbonyl (C=O) groups excluding carboxylic acids is 1. The van der Waals surface area contributed by atoms with Crippen molar-refractivity contribution in [2.24, 2.45) is 0 Å². The number of benzene rings is 1. The van der Waals surface area contributed by atoms with Crippen molar-refractivity contribution >= 4 is 22.2 Å². The van der Waals surface area contributed by atoms with Crippen LogP contribution in [0.2, 0.25) is 0 Å². The summed E-state index contributed by atoms with van der Waals surface area (Å²) >= 11 is 1.53. The molecule has 2 fully saturated rings. The Morgan fingerprint density at radius 2 is 1.82 bits per heavy atom. The average Bonchev–Trinajstić information content (AvgIpc) is 3.36. The molecular formula is C21H24N4O2S. The molecular weight excluding hydrogens is 372 g/mol. The molecule has 3 aromatic rings. The van der Waals surface area contributed by atoms with Crippen LogP contribution in [0.25, 0.3) is 16.2 Å². The lowest BCUT2D eigenvalue weighted by Crippen LogP contribution is -2.50. The van der Waals surface area contributed by atoms with Crippen LogP contribution in [0.1, 0.15) is 23.3 Å². The fourth-order valence-electron chi connectivity index (χ4n) is 4.22. The number of fused-ring (bicyclic) bond motifs is 1. The molecule has 146 valence electrons. The van der Waals surface area contributed by atoms with Crippen LogP contribution in [-0.4, -0.2) is 70.5 Å². The molecule has 0 radical (unpaired) electrons. The molecule has 2 aliphatic heterocycles. The summed E-state index contributed by atoms with van der Waals surface area (Å²) in [5, 5.41) is 1.94. The summed E-state index contributed by atoms with van der Waals surface area (Å²) in [5.74, 6) is 0.115. The molecule has 7 heteroatoms. The first-order valence-electron chi connectivity index (χ1n) is 9.93. The van der Waals surface area contributed by atoms with Gasteiger partial charge >= 0.3 is 0 Å². The third kappa shape index (κ3) is 3.34. The normalized spacial score (nSPS) is 19.4. The number of likely N-dealkylation sites (tertiary alicyclic amines) is 1. The minimum absolute atomic E-state index is 0.115. The largest absolute Gasteiger partial charge is 0.379 e. The highest BCUT2D eigenvalue weighted by Crippen LogP contribution is 2.25. The highest BCUT2D eigenvalue weighted by Gasteiger charge is 2.29. The van der Waals surface area contributed by atoms with E-state index in [0.29, 0.717) is 6.04 Å². The zero-order chi connectivity index (χ0) is 18.9. The Labute approximate surface area is 168 Å². The number of hydrogen-bond acceptors (Lipinski definition) is 5. The van der Waals surface area contributed by atoms with Crippen LogP contribution < -0.4 is 0 Å². The molecule has 5 rings (SSSR count). The molecule has 2 saturated heterocycles. The van der Waals surface area contributed by atoms with Gasteiger partial charge in [0, 0.05) is 49.4 Å². The van der Waals surface area contributed by atoms with E-state index in [0.717, 1.165) is 74.1 Å². The van der Waals surface area contributed by atoms with Crippen molar-refractivity contribution in [3.8, 4) is 11.3 Å². The number of piperidine rings is 1. The first-order valence-corrected chi connectivity index (χ1v) is 10.8. The van der Waals surface area contributed by atoms with E-state index in [1.807, 2.05) is 51.2 Å². The van der Waals surface area contributed by atoms with E-state index >= 15 is 0 Å². The molecule has 1 aromatic carbocycles. The second kappa shape index (κ2) is 7.66. The van der Waals surface area contributed by atoms with Crippen LogP contribution in [0.4, 0.5) is 0 Å². The number of carbonyl (C=O) groups is 1. The lowest BCUT2D eigenvalue weighted by atomic mass is 10.0. The van der Waals surface area contributed by atoms with E-state index in [1.165, 1.54) is 11.3 Å². The molecule has 0 aliphatic carbocycles. The van der Waals surface area contributed by atoms with E-state index < -0.39 is 0 Å². The van der Waals surface area contributed by atoms with Crippen LogP contribution in [0.5, 0.6) is 0 Å². The fourth-order valence-corrected chi connectivity index (χ4v) is 5.07. The van der Waals surface area contributed by atoms with E-state index in [2.05, 4.69) is 4.90 Å². The van der Waals surface area contributed by atoms with Gasteiger partial charge in [0.1, 0.15) is 5.69 Å². The zero-order valence-electron chi connectivity index (χ0n) is 15.8. The van der Waals surface area contributed by atoms with E-state index in [4.69, 9.17) is 9.72 Å². The molecule has 0 N–H and O–H groups in total. The van der Waals surface area contributed by atoms with Gasteiger partial charge in [0.2, 0.25) is 0 Å². The van der Waals surface area contributed by atoms with Crippen LogP contribution in [-0.2, 0) is 4.74 Å². The maximum atomic E-state index is 13.2. The fraction of sp³-hybridized carbons (Fsp3) is 0.429. The Morgan fingerprint density at radius 1 is 1.07 bits per heavy atom. The maximum Gasteiger partial charge on any atom is 0.271 e. The highest BCUT2D eigenvalue weighted by molar-refractivity contribution is 7.15. The Bertz CT molecular complexity index is 953. The van der Waals surface area contributed by atoms with Crippen molar-refractivity contribution in [1.29, 1.82) is 0 Å². The van der Waals surface area contributed by atoms with Gasteiger partial charge in [-0.25, -0.2) is 4.98 Å². The molecule has 0 unspecified atom stereocenters. The third-order valence-electron chi connectivity index (χ3n) is 5.81. The molecule has 2 aromatic heterocycles. The van der Waals surface area contributed by atoms with Gasteiger partial charge < -0.3 is 9.64 Å². The second-order valence-corrected chi connectivity index (χ2v) is 8.27. The molecule has 0 bridgehead atoms. The van der Waals surface area contributed by atoms with Gasteiger partial charge in [-0.3, -0.25) is 14.1 Å². The van der Waals surface area contributed by atoms with Gasteiger partial charge in [-0.15, -0.1) is 11.3 Å². The van der Waals surface area contributed by atoms with Crippen molar-refractivity contribution in [2.75, 3.05) is 39.4 Å². The van der Waals surface area contributed by atoms with Crippen molar-refractivity contribution < 1.29 is 9.53 Å². The topological polar surface area (TPSA) is 50.1 Å². The highest BCUT2D eigenvalue weighted by atomic mass is 32.1. The first-order chi connectivity index (χ1) is 13.8. The SMILES string of the molecule is O=C(c1csc2nc(-c3ccccc3)cn12)N1CCC(N2CCOCC2)CC1. The summed E-state index contributed by atoms with van der Waals surface area (Å²) in [7, 11) is 0. The first kappa shape index (κ1) is 17.8. The zero-order valence-corrected chi connectivity index (χ0v) is 16.6. The smallest absolute Gasteiger partial charge is 0.271 e. The minimum Gasteiger partial charge on any atom is -0.379 e. The maximum absolute atomic E-state index is 13.2.